The lowest BCUT2D eigenvalue weighted by Crippen LogP contribution is -2.30. The van der Waals surface area contributed by atoms with Crippen molar-refractivity contribution < 1.29 is 9.59 Å². The summed E-state index contributed by atoms with van der Waals surface area (Å²) in [7, 11) is 0. The summed E-state index contributed by atoms with van der Waals surface area (Å²) in [6.07, 6.45) is 2.37. The maximum absolute atomic E-state index is 12.5. The van der Waals surface area contributed by atoms with E-state index in [9.17, 15) is 9.59 Å². The van der Waals surface area contributed by atoms with Crippen LogP contribution in [0.25, 0.3) is 0 Å². The highest BCUT2D eigenvalue weighted by molar-refractivity contribution is 7.17. The summed E-state index contributed by atoms with van der Waals surface area (Å²) in [6, 6.07) is 6.19. The third-order valence-corrected chi connectivity index (χ3v) is 5.76. The van der Waals surface area contributed by atoms with Gasteiger partial charge in [0.15, 0.2) is 5.13 Å². The zero-order valence-corrected chi connectivity index (χ0v) is 16.9. The predicted molar refractivity (Wildman–Crippen MR) is 109 cm³/mol. The lowest BCUT2D eigenvalue weighted by molar-refractivity contribution is -0.127. The van der Waals surface area contributed by atoms with E-state index < -0.39 is 0 Å². The van der Waals surface area contributed by atoms with E-state index in [1.54, 1.807) is 0 Å². The fraction of sp³-hybridized carbons (Fsp3) is 0.450. The molecule has 0 radical (unpaired) electrons. The van der Waals surface area contributed by atoms with Gasteiger partial charge in [-0.05, 0) is 45.2 Å². The molecule has 2 aromatic rings. The Morgan fingerprint density at radius 3 is 2.81 bits per heavy atom. The van der Waals surface area contributed by atoms with Gasteiger partial charge in [-0.15, -0.1) is 0 Å². The van der Waals surface area contributed by atoms with Crippen LogP contribution in [0.2, 0.25) is 0 Å². The average Bonchev–Trinajstić information content (AvgIpc) is 3.19. The van der Waals surface area contributed by atoms with Crippen molar-refractivity contribution >= 4 is 34.0 Å². The number of aryl methyl sites for hydroxylation is 3. The SMILES string of the molecule is Cc1ccc(Nc2nc(C)c(C(=O)NCCCN3CCCC3=O)s2)c(C)c1. The molecule has 2 heterocycles. The van der Waals surface area contributed by atoms with E-state index in [1.807, 2.05) is 17.9 Å². The number of nitrogens with zero attached hydrogens (tertiary/aromatic N) is 2. The number of aromatic nitrogens is 1. The highest BCUT2D eigenvalue weighted by Crippen LogP contribution is 2.27. The van der Waals surface area contributed by atoms with Gasteiger partial charge >= 0.3 is 0 Å². The van der Waals surface area contributed by atoms with Crippen LogP contribution in [0.5, 0.6) is 0 Å². The standard InChI is InChI=1S/C20H26N4O2S/c1-13-7-8-16(14(2)12-13)23-20-22-15(3)18(27-20)19(26)21-9-5-11-24-10-4-6-17(24)25/h7-8,12H,4-6,9-11H2,1-3H3,(H,21,26)(H,22,23). The Balaban J connectivity index is 1.53. The summed E-state index contributed by atoms with van der Waals surface area (Å²) in [5.74, 6) is 0.119. The van der Waals surface area contributed by atoms with Crippen LogP contribution in [0.1, 0.15) is 45.8 Å². The molecule has 0 atom stereocenters. The number of amides is 2. The molecule has 1 aliphatic heterocycles. The van der Waals surface area contributed by atoms with Crippen LogP contribution < -0.4 is 10.6 Å². The largest absolute Gasteiger partial charge is 0.351 e. The Labute approximate surface area is 164 Å². The number of likely N-dealkylation sites (tertiary alicyclic amines) is 1. The van der Waals surface area contributed by atoms with Crippen LogP contribution >= 0.6 is 11.3 Å². The van der Waals surface area contributed by atoms with Crippen molar-refractivity contribution in [2.45, 2.75) is 40.0 Å². The summed E-state index contributed by atoms with van der Waals surface area (Å²) < 4.78 is 0. The Bertz CT molecular complexity index is 847. The van der Waals surface area contributed by atoms with E-state index >= 15 is 0 Å². The van der Waals surface area contributed by atoms with E-state index in [1.165, 1.54) is 16.9 Å². The van der Waals surface area contributed by atoms with Gasteiger partial charge in [0.1, 0.15) is 4.88 Å². The van der Waals surface area contributed by atoms with Gasteiger partial charge < -0.3 is 15.5 Å². The lowest BCUT2D eigenvalue weighted by Gasteiger charge is -2.15. The molecule has 0 bridgehead atoms. The van der Waals surface area contributed by atoms with Gasteiger partial charge in [0.2, 0.25) is 5.91 Å². The van der Waals surface area contributed by atoms with Gasteiger partial charge in [-0.25, -0.2) is 4.98 Å². The molecule has 6 nitrogen and oxygen atoms in total. The first-order valence-electron chi connectivity index (χ1n) is 9.31. The first-order valence-corrected chi connectivity index (χ1v) is 10.1. The molecule has 27 heavy (non-hydrogen) atoms. The summed E-state index contributed by atoms with van der Waals surface area (Å²) in [6.45, 7) is 8.07. The number of thiazole rings is 1. The van der Waals surface area contributed by atoms with Gasteiger partial charge in [0.05, 0.1) is 5.69 Å². The van der Waals surface area contributed by atoms with Gasteiger partial charge in [-0.2, -0.15) is 0 Å². The van der Waals surface area contributed by atoms with E-state index in [4.69, 9.17) is 0 Å². The molecule has 1 aromatic heterocycles. The number of carbonyl (C=O) groups is 2. The maximum atomic E-state index is 12.5. The number of nitrogens with one attached hydrogen (secondary N) is 2. The van der Waals surface area contributed by atoms with Gasteiger partial charge in [-0.1, -0.05) is 29.0 Å². The Morgan fingerprint density at radius 2 is 2.11 bits per heavy atom. The molecule has 7 heteroatoms. The van der Waals surface area contributed by atoms with Crippen molar-refractivity contribution in [3.8, 4) is 0 Å². The molecular weight excluding hydrogens is 360 g/mol. The van der Waals surface area contributed by atoms with Crippen molar-refractivity contribution in [2.24, 2.45) is 0 Å². The van der Waals surface area contributed by atoms with E-state index in [-0.39, 0.29) is 11.8 Å². The monoisotopic (exact) mass is 386 g/mol. The second-order valence-corrected chi connectivity index (χ2v) is 7.97. The topological polar surface area (TPSA) is 74.3 Å². The average molecular weight is 387 g/mol. The number of carbonyl (C=O) groups excluding carboxylic acids is 2. The normalized spacial score (nSPS) is 13.9. The minimum Gasteiger partial charge on any atom is -0.351 e. The van der Waals surface area contributed by atoms with Crippen LogP contribution in [0.3, 0.4) is 0 Å². The van der Waals surface area contributed by atoms with Crippen molar-refractivity contribution in [3.63, 3.8) is 0 Å². The molecule has 1 saturated heterocycles. The number of anilines is 2. The molecule has 144 valence electrons. The van der Waals surface area contributed by atoms with Crippen molar-refractivity contribution in [2.75, 3.05) is 25.0 Å². The summed E-state index contributed by atoms with van der Waals surface area (Å²) in [5.41, 5.74) is 4.07. The van der Waals surface area contributed by atoms with Crippen LogP contribution in [-0.4, -0.2) is 41.3 Å². The Hall–Kier alpha value is -2.41. The van der Waals surface area contributed by atoms with Crippen molar-refractivity contribution in [3.05, 3.63) is 39.9 Å². The smallest absolute Gasteiger partial charge is 0.263 e. The Morgan fingerprint density at radius 1 is 1.30 bits per heavy atom. The van der Waals surface area contributed by atoms with Crippen LogP contribution in [-0.2, 0) is 4.79 Å². The first kappa shape index (κ1) is 19.4. The number of hydrogen-bond acceptors (Lipinski definition) is 5. The summed E-state index contributed by atoms with van der Waals surface area (Å²) in [4.78, 5) is 31.0. The van der Waals surface area contributed by atoms with Crippen LogP contribution in [0, 0.1) is 20.8 Å². The lowest BCUT2D eigenvalue weighted by atomic mass is 10.1. The predicted octanol–water partition coefficient (Wildman–Crippen LogP) is 3.55. The number of rotatable bonds is 7. The van der Waals surface area contributed by atoms with E-state index in [0.29, 0.717) is 29.5 Å². The third kappa shape index (κ3) is 4.86. The third-order valence-electron chi connectivity index (χ3n) is 4.69. The molecule has 1 aliphatic rings. The number of hydrogen-bond donors (Lipinski definition) is 2. The van der Waals surface area contributed by atoms with Crippen molar-refractivity contribution in [1.82, 2.24) is 15.2 Å². The first-order chi connectivity index (χ1) is 12.9. The highest BCUT2D eigenvalue weighted by atomic mass is 32.1. The molecule has 1 aromatic carbocycles. The van der Waals surface area contributed by atoms with Gasteiger partial charge in [0, 0.05) is 31.7 Å². The molecule has 3 rings (SSSR count). The molecule has 0 aliphatic carbocycles. The zero-order valence-electron chi connectivity index (χ0n) is 16.1. The van der Waals surface area contributed by atoms with E-state index in [2.05, 4.69) is 41.6 Å². The Kier molecular flexibility index (Phi) is 6.11. The van der Waals surface area contributed by atoms with Crippen molar-refractivity contribution in [1.29, 1.82) is 0 Å². The summed E-state index contributed by atoms with van der Waals surface area (Å²) in [5, 5.41) is 6.96. The quantitative estimate of drug-likeness (QED) is 0.714. The zero-order chi connectivity index (χ0) is 19.4. The summed E-state index contributed by atoms with van der Waals surface area (Å²) >= 11 is 1.36. The maximum Gasteiger partial charge on any atom is 0.263 e. The fourth-order valence-electron chi connectivity index (χ4n) is 3.22. The second kappa shape index (κ2) is 8.52. The number of benzene rings is 1. The molecule has 2 amide bonds. The molecule has 0 unspecified atom stereocenters. The molecule has 0 spiro atoms. The van der Waals surface area contributed by atoms with Crippen LogP contribution in [0.4, 0.5) is 10.8 Å². The minimum absolute atomic E-state index is 0.105. The van der Waals surface area contributed by atoms with Gasteiger partial charge in [-0.3, -0.25) is 9.59 Å². The van der Waals surface area contributed by atoms with Gasteiger partial charge in [0.25, 0.3) is 5.91 Å². The molecule has 0 saturated carbocycles. The molecule has 1 fully saturated rings. The highest BCUT2D eigenvalue weighted by Gasteiger charge is 2.19. The fourth-order valence-corrected chi connectivity index (χ4v) is 4.12. The van der Waals surface area contributed by atoms with Crippen LogP contribution in [0.15, 0.2) is 18.2 Å². The minimum atomic E-state index is -0.105. The second-order valence-electron chi connectivity index (χ2n) is 6.97. The molecular formula is C20H26N4O2S. The molecule has 2 N–H and O–H groups in total. The van der Waals surface area contributed by atoms with E-state index in [0.717, 1.165) is 36.3 Å².